The van der Waals surface area contributed by atoms with Gasteiger partial charge in [-0.2, -0.15) is 0 Å². The largest absolute Gasteiger partial charge is 0.512 e. The van der Waals surface area contributed by atoms with Crippen molar-refractivity contribution in [3.63, 3.8) is 0 Å². The molecule has 4 heteroatoms. The molecule has 0 saturated carbocycles. The van der Waals surface area contributed by atoms with Gasteiger partial charge in [0.15, 0.2) is 5.78 Å². The van der Waals surface area contributed by atoms with Crippen LogP contribution in [0.15, 0.2) is 109 Å². The van der Waals surface area contributed by atoms with Crippen LogP contribution in [0.2, 0.25) is 0 Å². The van der Waals surface area contributed by atoms with E-state index in [0.29, 0.717) is 0 Å². The number of aliphatic hydroxyl groups is 1. The number of rotatable bonds is 3. The molecule has 33 heavy (non-hydrogen) atoms. The van der Waals surface area contributed by atoms with Crippen LogP contribution < -0.4 is 0 Å². The molecule has 1 aromatic heterocycles. The summed E-state index contributed by atoms with van der Waals surface area (Å²) in [4.78, 5) is 14.7. The summed E-state index contributed by atoms with van der Waals surface area (Å²) in [7, 11) is 0. The van der Waals surface area contributed by atoms with Crippen LogP contribution in [0.25, 0.3) is 11.3 Å². The SMILES string of the molecule is CC(=O)/C=C(/C)O.[Rh].[c-]1cccc2c1-c1ncccc1C2(c1ccccc1)c1ccccc1. The number of carbonyl (C=O) groups is 1. The topological polar surface area (TPSA) is 50.2 Å². The first-order valence-electron chi connectivity index (χ1n) is 10.5. The molecule has 3 aromatic carbocycles. The van der Waals surface area contributed by atoms with Crippen LogP contribution in [0.5, 0.6) is 0 Å². The fraction of sp³-hybridized carbons (Fsp3) is 0.103. The first-order chi connectivity index (χ1) is 15.5. The van der Waals surface area contributed by atoms with Gasteiger partial charge in [0.2, 0.25) is 0 Å². The van der Waals surface area contributed by atoms with Gasteiger partial charge >= 0.3 is 0 Å². The maximum absolute atomic E-state index is 10.0. The standard InChI is InChI=1S/C24H16N.C5H8O2.Rh/c1-3-10-18(11-4-1)24(19-12-5-2-6-13-19)21-15-8-7-14-20(21)23-22(24)16-9-17-25-23;1-4(6)3-5(2)7;/h1-13,15-17H;3,6H,1-2H3;/q-1;;/b;4-3-;. The summed E-state index contributed by atoms with van der Waals surface area (Å²) in [5.41, 5.74) is 6.78. The van der Waals surface area contributed by atoms with Crippen molar-refractivity contribution in [2.75, 3.05) is 0 Å². The van der Waals surface area contributed by atoms with Crippen molar-refractivity contribution in [3.8, 4) is 11.3 Å². The molecule has 0 amide bonds. The van der Waals surface area contributed by atoms with E-state index in [2.05, 4.69) is 84.9 Å². The van der Waals surface area contributed by atoms with Crippen LogP contribution in [-0.2, 0) is 29.7 Å². The minimum absolute atomic E-state index is 0. The molecule has 0 fully saturated rings. The summed E-state index contributed by atoms with van der Waals surface area (Å²) in [5.74, 6) is -0.0625. The van der Waals surface area contributed by atoms with Crippen molar-refractivity contribution in [2.45, 2.75) is 19.3 Å². The van der Waals surface area contributed by atoms with E-state index in [-0.39, 0.29) is 36.4 Å². The molecule has 1 N–H and O–H groups in total. The Balaban J connectivity index is 0.000000337. The third kappa shape index (κ3) is 4.58. The van der Waals surface area contributed by atoms with Gasteiger partial charge < -0.3 is 10.1 Å². The molecule has 5 rings (SSSR count). The Hall–Kier alpha value is -3.36. The molecule has 0 spiro atoms. The molecule has 167 valence electrons. The zero-order valence-electron chi connectivity index (χ0n) is 18.5. The second-order valence-corrected chi connectivity index (χ2v) is 7.74. The molecule has 1 aliphatic carbocycles. The van der Waals surface area contributed by atoms with Crippen LogP contribution in [0, 0.1) is 6.07 Å². The van der Waals surface area contributed by atoms with Crippen LogP contribution in [-0.4, -0.2) is 15.9 Å². The fourth-order valence-corrected chi connectivity index (χ4v) is 4.46. The molecule has 0 saturated heterocycles. The predicted octanol–water partition coefficient (Wildman–Crippen LogP) is 6.28. The van der Waals surface area contributed by atoms with Gasteiger partial charge in [-0.25, -0.2) is 0 Å². The van der Waals surface area contributed by atoms with Crippen molar-refractivity contribution >= 4 is 5.78 Å². The van der Waals surface area contributed by atoms with E-state index in [1.807, 2.05) is 18.3 Å². The average molecular weight is 521 g/mol. The third-order valence-corrected chi connectivity index (χ3v) is 5.53. The van der Waals surface area contributed by atoms with Gasteiger partial charge in [0.1, 0.15) is 0 Å². The molecule has 4 aromatic rings. The van der Waals surface area contributed by atoms with Gasteiger partial charge in [0.25, 0.3) is 0 Å². The minimum atomic E-state index is -0.348. The monoisotopic (exact) mass is 521 g/mol. The average Bonchev–Trinajstić information content (AvgIpc) is 3.11. The van der Waals surface area contributed by atoms with E-state index in [0.717, 1.165) is 11.3 Å². The zero-order chi connectivity index (χ0) is 22.6. The summed E-state index contributed by atoms with van der Waals surface area (Å²) >= 11 is 0. The number of allylic oxidation sites excluding steroid dienone is 2. The minimum Gasteiger partial charge on any atom is -0.512 e. The Morgan fingerprint density at radius 3 is 1.94 bits per heavy atom. The Morgan fingerprint density at radius 2 is 1.42 bits per heavy atom. The molecule has 0 aliphatic heterocycles. The summed E-state index contributed by atoms with van der Waals surface area (Å²) < 4.78 is 0. The van der Waals surface area contributed by atoms with Gasteiger partial charge in [-0.1, -0.05) is 72.3 Å². The number of benzene rings is 3. The summed E-state index contributed by atoms with van der Waals surface area (Å²) in [6.45, 7) is 2.85. The number of ketones is 1. The number of aromatic nitrogens is 1. The first-order valence-corrected chi connectivity index (χ1v) is 10.5. The Labute approximate surface area is 207 Å². The van der Waals surface area contributed by atoms with Crippen molar-refractivity contribution in [1.82, 2.24) is 4.98 Å². The Morgan fingerprint density at radius 1 is 0.848 bits per heavy atom. The number of nitrogens with zero attached hydrogens (tertiary/aromatic N) is 1. The number of pyridine rings is 1. The van der Waals surface area contributed by atoms with Crippen molar-refractivity contribution in [3.05, 3.63) is 137 Å². The summed E-state index contributed by atoms with van der Waals surface area (Å²) in [6.07, 6.45) is 3.04. The number of hydrogen-bond donors (Lipinski definition) is 1. The van der Waals surface area contributed by atoms with Crippen LogP contribution >= 0.6 is 0 Å². The molecule has 1 aliphatic rings. The molecular formula is C29H24NO2Rh-. The van der Waals surface area contributed by atoms with Crippen LogP contribution in [0.1, 0.15) is 36.1 Å². The van der Waals surface area contributed by atoms with E-state index in [9.17, 15) is 4.79 Å². The summed E-state index contributed by atoms with van der Waals surface area (Å²) in [6, 6.07) is 35.4. The zero-order valence-corrected chi connectivity index (χ0v) is 20.1. The van der Waals surface area contributed by atoms with Crippen LogP contribution in [0.4, 0.5) is 0 Å². The number of hydrogen-bond acceptors (Lipinski definition) is 3. The number of fused-ring (bicyclic) bond motifs is 3. The van der Waals surface area contributed by atoms with E-state index in [4.69, 9.17) is 10.1 Å². The van der Waals surface area contributed by atoms with Gasteiger partial charge in [0, 0.05) is 37.2 Å². The molecule has 0 atom stereocenters. The quantitative estimate of drug-likeness (QED) is 0.132. The molecule has 1 radical (unpaired) electrons. The molecule has 0 unspecified atom stereocenters. The van der Waals surface area contributed by atoms with E-state index < -0.39 is 0 Å². The smallest absolute Gasteiger partial charge is 0.155 e. The van der Waals surface area contributed by atoms with Gasteiger partial charge in [0.05, 0.1) is 5.76 Å². The predicted molar refractivity (Wildman–Crippen MR) is 127 cm³/mol. The third-order valence-electron chi connectivity index (χ3n) is 5.53. The van der Waals surface area contributed by atoms with E-state index >= 15 is 0 Å². The second-order valence-electron chi connectivity index (χ2n) is 7.74. The van der Waals surface area contributed by atoms with Gasteiger partial charge in [-0.15, -0.1) is 35.4 Å². The van der Waals surface area contributed by atoms with Crippen molar-refractivity contribution in [1.29, 1.82) is 0 Å². The molecular weight excluding hydrogens is 497 g/mol. The maximum Gasteiger partial charge on any atom is 0.155 e. The maximum atomic E-state index is 10.0. The van der Waals surface area contributed by atoms with E-state index in [1.165, 1.54) is 42.2 Å². The molecule has 0 bridgehead atoms. The van der Waals surface area contributed by atoms with Gasteiger partial charge in [-0.3, -0.25) is 4.79 Å². The Kier molecular flexibility index (Phi) is 7.73. The van der Waals surface area contributed by atoms with Gasteiger partial charge in [-0.05, 0) is 36.7 Å². The second kappa shape index (κ2) is 10.5. The van der Waals surface area contributed by atoms with E-state index in [1.54, 1.807) is 0 Å². The number of carbonyl (C=O) groups excluding carboxylic acids is 1. The fourth-order valence-electron chi connectivity index (χ4n) is 4.46. The van der Waals surface area contributed by atoms with Crippen molar-refractivity contribution < 1.29 is 29.4 Å². The molecule has 3 nitrogen and oxygen atoms in total. The molecule has 1 heterocycles. The number of aliphatic hydroxyl groups excluding tert-OH is 1. The first kappa shape index (κ1) is 24.3. The normalized spacial score (nSPS) is 13.0. The Bertz CT molecular complexity index is 1180. The van der Waals surface area contributed by atoms with Crippen molar-refractivity contribution in [2.24, 2.45) is 0 Å². The summed E-state index contributed by atoms with van der Waals surface area (Å²) in [5, 5.41) is 8.36. The van der Waals surface area contributed by atoms with Crippen LogP contribution in [0.3, 0.4) is 0 Å².